The second-order valence-corrected chi connectivity index (χ2v) is 5.31. The molecule has 3 rings (SSSR count). The normalized spacial score (nSPS) is 10.4. The SMILES string of the molecule is OCCc1ccc(NCc2ccc(Oc3cnccn3)cc2)cc1. The fraction of sp³-hybridized carbons (Fsp3) is 0.158. The summed E-state index contributed by atoms with van der Waals surface area (Å²) in [7, 11) is 0. The molecule has 122 valence electrons. The summed E-state index contributed by atoms with van der Waals surface area (Å²) in [6.07, 6.45) is 5.47. The van der Waals surface area contributed by atoms with Crippen LogP contribution in [-0.2, 0) is 13.0 Å². The fourth-order valence-corrected chi connectivity index (χ4v) is 2.26. The van der Waals surface area contributed by atoms with E-state index in [1.807, 2.05) is 48.5 Å². The first-order valence-corrected chi connectivity index (χ1v) is 7.80. The molecule has 5 heteroatoms. The van der Waals surface area contributed by atoms with Crippen molar-refractivity contribution in [3.8, 4) is 11.6 Å². The zero-order valence-corrected chi connectivity index (χ0v) is 13.2. The highest BCUT2D eigenvalue weighted by atomic mass is 16.5. The largest absolute Gasteiger partial charge is 0.438 e. The molecule has 0 aliphatic rings. The highest BCUT2D eigenvalue weighted by Gasteiger charge is 2.00. The van der Waals surface area contributed by atoms with Gasteiger partial charge in [-0.3, -0.25) is 4.98 Å². The molecule has 3 aromatic rings. The van der Waals surface area contributed by atoms with E-state index in [9.17, 15) is 0 Å². The lowest BCUT2D eigenvalue weighted by molar-refractivity contribution is 0.299. The number of hydrogen-bond donors (Lipinski definition) is 2. The maximum atomic E-state index is 8.92. The van der Waals surface area contributed by atoms with Crippen LogP contribution in [0.25, 0.3) is 0 Å². The molecule has 0 atom stereocenters. The van der Waals surface area contributed by atoms with E-state index in [-0.39, 0.29) is 6.61 Å². The third-order valence-corrected chi connectivity index (χ3v) is 3.54. The molecule has 0 amide bonds. The Morgan fingerprint density at radius 3 is 2.33 bits per heavy atom. The molecule has 5 nitrogen and oxygen atoms in total. The second kappa shape index (κ2) is 8.08. The number of rotatable bonds is 7. The van der Waals surface area contributed by atoms with E-state index in [1.54, 1.807) is 18.6 Å². The van der Waals surface area contributed by atoms with E-state index < -0.39 is 0 Å². The number of ether oxygens (including phenoxy) is 1. The number of nitrogens with zero attached hydrogens (tertiary/aromatic N) is 2. The molecule has 0 bridgehead atoms. The molecule has 0 unspecified atom stereocenters. The molecule has 24 heavy (non-hydrogen) atoms. The third kappa shape index (κ3) is 4.54. The molecular weight excluding hydrogens is 302 g/mol. The Balaban J connectivity index is 1.54. The van der Waals surface area contributed by atoms with Crippen molar-refractivity contribution in [3.05, 3.63) is 78.2 Å². The van der Waals surface area contributed by atoms with E-state index in [2.05, 4.69) is 15.3 Å². The van der Waals surface area contributed by atoms with Gasteiger partial charge in [-0.15, -0.1) is 0 Å². The molecule has 2 N–H and O–H groups in total. The van der Waals surface area contributed by atoms with Crippen LogP contribution < -0.4 is 10.1 Å². The molecular formula is C19H19N3O2. The number of anilines is 1. The van der Waals surface area contributed by atoms with Crippen LogP contribution in [0.5, 0.6) is 11.6 Å². The van der Waals surface area contributed by atoms with Crippen molar-refractivity contribution >= 4 is 5.69 Å². The number of nitrogens with one attached hydrogen (secondary N) is 1. The monoisotopic (exact) mass is 321 g/mol. The van der Waals surface area contributed by atoms with Crippen molar-refractivity contribution in [2.24, 2.45) is 0 Å². The fourth-order valence-electron chi connectivity index (χ4n) is 2.26. The summed E-state index contributed by atoms with van der Waals surface area (Å²) in [6.45, 7) is 0.903. The predicted octanol–water partition coefficient (Wildman–Crippen LogP) is 3.42. The second-order valence-electron chi connectivity index (χ2n) is 5.31. The average molecular weight is 321 g/mol. The van der Waals surface area contributed by atoms with Gasteiger partial charge in [-0.2, -0.15) is 0 Å². The van der Waals surface area contributed by atoms with Crippen molar-refractivity contribution in [2.75, 3.05) is 11.9 Å². The Labute approximate surface area is 141 Å². The van der Waals surface area contributed by atoms with E-state index >= 15 is 0 Å². The number of aliphatic hydroxyl groups excluding tert-OH is 1. The van der Waals surface area contributed by atoms with Crippen molar-refractivity contribution < 1.29 is 9.84 Å². The van der Waals surface area contributed by atoms with E-state index in [0.717, 1.165) is 29.1 Å². The van der Waals surface area contributed by atoms with Crippen LogP contribution in [0.4, 0.5) is 5.69 Å². The van der Waals surface area contributed by atoms with Crippen LogP contribution >= 0.6 is 0 Å². The van der Waals surface area contributed by atoms with E-state index in [0.29, 0.717) is 12.3 Å². The lowest BCUT2D eigenvalue weighted by Crippen LogP contribution is -1.99. The van der Waals surface area contributed by atoms with Crippen molar-refractivity contribution in [3.63, 3.8) is 0 Å². The van der Waals surface area contributed by atoms with E-state index in [1.165, 1.54) is 0 Å². The summed E-state index contributed by atoms with van der Waals surface area (Å²) in [5, 5.41) is 12.3. The van der Waals surface area contributed by atoms with Crippen LogP contribution in [0.1, 0.15) is 11.1 Å². The van der Waals surface area contributed by atoms with E-state index in [4.69, 9.17) is 9.84 Å². The van der Waals surface area contributed by atoms with Gasteiger partial charge in [-0.1, -0.05) is 24.3 Å². The highest BCUT2D eigenvalue weighted by molar-refractivity contribution is 5.45. The molecule has 0 aliphatic carbocycles. The number of aliphatic hydroxyl groups is 1. The maximum absolute atomic E-state index is 8.92. The van der Waals surface area contributed by atoms with Gasteiger partial charge in [0, 0.05) is 31.2 Å². The van der Waals surface area contributed by atoms with Gasteiger partial charge < -0.3 is 15.2 Å². The van der Waals surface area contributed by atoms with Crippen LogP contribution in [0.2, 0.25) is 0 Å². The highest BCUT2D eigenvalue weighted by Crippen LogP contribution is 2.19. The van der Waals surface area contributed by atoms with Crippen LogP contribution in [-0.4, -0.2) is 21.7 Å². The summed E-state index contributed by atoms with van der Waals surface area (Å²) >= 11 is 0. The molecule has 2 aromatic carbocycles. The van der Waals surface area contributed by atoms with Gasteiger partial charge in [-0.25, -0.2) is 4.98 Å². The van der Waals surface area contributed by atoms with Gasteiger partial charge in [0.1, 0.15) is 5.75 Å². The Morgan fingerprint density at radius 1 is 0.917 bits per heavy atom. The third-order valence-electron chi connectivity index (χ3n) is 3.54. The molecule has 0 fully saturated rings. The smallest absolute Gasteiger partial charge is 0.237 e. The maximum Gasteiger partial charge on any atom is 0.237 e. The molecule has 0 spiro atoms. The Hall–Kier alpha value is -2.92. The summed E-state index contributed by atoms with van der Waals surface area (Å²) in [5.41, 5.74) is 3.34. The molecule has 1 heterocycles. The molecule has 1 aromatic heterocycles. The molecule has 0 saturated heterocycles. The zero-order valence-electron chi connectivity index (χ0n) is 13.2. The van der Waals surface area contributed by atoms with Gasteiger partial charge >= 0.3 is 0 Å². The zero-order chi connectivity index (χ0) is 16.6. The van der Waals surface area contributed by atoms with Gasteiger partial charge in [0.15, 0.2) is 0 Å². The minimum absolute atomic E-state index is 0.176. The Morgan fingerprint density at radius 2 is 1.67 bits per heavy atom. The lowest BCUT2D eigenvalue weighted by Gasteiger charge is -2.09. The van der Waals surface area contributed by atoms with Crippen LogP contribution in [0, 0.1) is 0 Å². The van der Waals surface area contributed by atoms with Gasteiger partial charge in [0.2, 0.25) is 5.88 Å². The standard InChI is InChI=1S/C19H19N3O2/c23-12-9-15-1-5-17(6-2-15)22-13-16-3-7-18(8-4-16)24-19-14-20-10-11-21-19/h1-8,10-11,14,22-23H,9,12-13H2. The van der Waals surface area contributed by atoms with Crippen molar-refractivity contribution in [1.82, 2.24) is 9.97 Å². The van der Waals surface area contributed by atoms with Gasteiger partial charge in [0.25, 0.3) is 0 Å². The summed E-state index contributed by atoms with van der Waals surface area (Å²) < 4.78 is 5.62. The van der Waals surface area contributed by atoms with Crippen molar-refractivity contribution in [1.29, 1.82) is 0 Å². The number of aromatic nitrogens is 2. The first-order valence-electron chi connectivity index (χ1n) is 7.80. The summed E-state index contributed by atoms with van der Waals surface area (Å²) in [6, 6.07) is 15.9. The van der Waals surface area contributed by atoms with Gasteiger partial charge in [-0.05, 0) is 41.8 Å². The summed E-state index contributed by atoms with van der Waals surface area (Å²) in [5.74, 6) is 1.21. The van der Waals surface area contributed by atoms with Gasteiger partial charge in [0.05, 0.1) is 6.20 Å². The molecule has 0 radical (unpaired) electrons. The minimum atomic E-state index is 0.176. The Kier molecular flexibility index (Phi) is 5.37. The quantitative estimate of drug-likeness (QED) is 0.698. The predicted molar refractivity (Wildman–Crippen MR) is 93.1 cm³/mol. The first-order chi connectivity index (χ1) is 11.8. The number of benzene rings is 2. The molecule has 0 saturated carbocycles. The lowest BCUT2D eigenvalue weighted by atomic mass is 10.1. The molecule has 0 aliphatic heterocycles. The topological polar surface area (TPSA) is 67.3 Å². The first kappa shape index (κ1) is 16.0. The van der Waals surface area contributed by atoms with Crippen molar-refractivity contribution in [2.45, 2.75) is 13.0 Å². The van der Waals surface area contributed by atoms with Crippen LogP contribution in [0.3, 0.4) is 0 Å². The Bertz CT molecular complexity index is 744. The summed E-state index contributed by atoms with van der Waals surface area (Å²) in [4.78, 5) is 8.05. The average Bonchev–Trinajstić information content (AvgIpc) is 2.63. The minimum Gasteiger partial charge on any atom is -0.438 e. The van der Waals surface area contributed by atoms with Crippen LogP contribution in [0.15, 0.2) is 67.1 Å². The number of hydrogen-bond acceptors (Lipinski definition) is 5.